The molecule has 408 valence electrons. The van der Waals surface area contributed by atoms with Crippen LogP contribution in [0.25, 0.3) is 0 Å². The zero-order chi connectivity index (χ0) is 51.8. The van der Waals surface area contributed by atoms with E-state index in [0.717, 1.165) is 32.5 Å². The summed E-state index contributed by atoms with van der Waals surface area (Å²) in [5.41, 5.74) is 11.1. The molecule has 0 aromatic rings. The monoisotopic (exact) mass is 1230 g/mol. The predicted molar refractivity (Wildman–Crippen MR) is 255 cm³/mol. The minimum atomic E-state index is -0.0397. The van der Waals surface area contributed by atoms with E-state index >= 15 is 0 Å². The first-order valence-electron chi connectivity index (χ1n) is 21.9. The van der Waals surface area contributed by atoms with E-state index in [1.807, 2.05) is 57.4 Å². The second-order valence-electron chi connectivity index (χ2n) is 14.4. The Hall–Kier alpha value is -5.12. The quantitative estimate of drug-likeness (QED) is 0.0166. The van der Waals surface area contributed by atoms with E-state index in [1.54, 1.807) is 26.0 Å². The van der Waals surface area contributed by atoms with Gasteiger partial charge in [-0.15, -0.1) is 0 Å². The van der Waals surface area contributed by atoms with Crippen LogP contribution in [0, 0.1) is 0 Å². The third kappa shape index (κ3) is 69.9. The van der Waals surface area contributed by atoms with Gasteiger partial charge in [-0.25, -0.2) is 0 Å². The average Bonchev–Trinajstić information content (AvgIpc) is 3.28. The molecular formula is C42H88FmN11O14-. The van der Waals surface area contributed by atoms with Crippen molar-refractivity contribution in [1.82, 2.24) is 45.3 Å². The number of rotatable bonds is 40. The second kappa shape index (κ2) is 61.9. The third-order valence-corrected chi connectivity index (χ3v) is 7.48. The minimum Gasteiger partial charge on any atom is -0.524 e. The summed E-state index contributed by atoms with van der Waals surface area (Å²) in [6.07, 6.45) is 4.47. The molecule has 0 saturated heterocycles. The van der Waals surface area contributed by atoms with Gasteiger partial charge in [-0.2, -0.15) is 6.41 Å². The van der Waals surface area contributed by atoms with Crippen molar-refractivity contribution in [3.05, 3.63) is 0 Å². The molecule has 0 radical (unpaired) electrons. The van der Waals surface area contributed by atoms with Crippen LogP contribution in [0.4, 0.5) is 0 Å². The van der Waals surface area contributed by atoms with Crippen LogP contribution in [0.1, 0.15) is 6.42 Å². The number of hydrogen-bond acceptors (Lipinski definition) is 20. The van der Waals surface area contributed by atoms with Gasteiger partial charge >= 0.3 is 0 Å². The molecule has 0 aromatic carbocycles. The van der Waals surface area contributed by atoms with Gasteiger partial charge in [0, 0.05) is 79.9 Å². The maximum Gasteiger partial charge on any atom is 0.236 e. The summed E-state index contributed by atoms with van der Waals surface area (Å²) < 4.78 is 32.7. The Bertz CT molecular complexity index is 1140. The Labute approximate surface area is 400 Å². The van der Waals surface area contributed by atoms with Crippen molar-refractivity contribution < 1.29 is 66.8 Å². The first kappa shape index (κ1) is 74.4. The molecule has 5 amide bonds. The summed E-state index contributed by atoms with van der Waals surface area (Å²) >= 11 is 0. The van der Waals surface area contributed by atoms with E-state index in [-0.39, 0.29) is 37.4 Å². The number of carbonyl (C=O) groups is 7. The standard InChI is InChI=1S/C22H49N5O7.C8H16N2O2.C7H14N2O2.C3H4NO2.C2H5NO.Fm/c1-26(2)21-22(28)25-5-9-29-11-13-31-15-17-33-19-20-34-18-16-32-14-12-30-10-8-27(6-3-23)7-4-24;1-9(2)5-4-8(12)10(3)6-7-11;1-8(2)6-7(11)9(3)4-5-10;5-2-1-4-3-6;1-3-2-4;/h3-21,23-24H2,1-2H3,(H,25,28);7H,4-6H2,1-3H3;5H,4,6H2,1-3H3;2H,1H2,(H,4,6);2H,1H3,(H,3,4);/q;;;-1;;. The zero-order valence-electron chi connectivity index (χ0n) is 42.3. The van der Waals surface area contributed by atoms with Gasteiger partial charge in [-0.05, 0) is 42.3 Å². The van der Waals surface area contributed by atoms with Crippen molar-refractivity contribution in [3.63, 3.8) is 0 Å². The molecule has 68 heavy (non-hydrogen) atoms. The van der Waals surface area contributed by atoms with E-state index in [9.17, 15) is 28.8 Å². The molecule has 7 N–H and O–H groups in total. The molecule has 0 atom stereocenters. The molecule has 26 heteroatoms. The Morgan fingerprint density at radius 3 is 1.26 bits per heavy atom. The van der Waals surface area contributed by atoms with Gasteiger partial charge in [0.15, 0.2) is 0 Å². The molecule has 0 aliphatic heterocycles. The van der Waals surface area contributed by atoms with E-state index in [4.69, 9.17) is 49.5 Å². The zero-order valence-corrected chi connectivity index (χ0v) is 44.7. The Kier molecular flexibility index (Phi) is 67.7. The van der Waals surface area contributed by atoms with Crippen LogP contribution in [0.15, 0.2) is 0 Å². The van der Waals surface area contributed by atoms with Crippen molar-refractivity contribution in [3.8, 4) is 0 Å². The summed E-state index contributed by atoms with van der Waals surface area (Å²) in [4.78, 5) is 91.8. The van der Waals surface area contributed by atoms with Crippen molar-refractivity contribution in [2.45, 2.75) is 6.42 Å². The van der Waals surface area contributed by atoms with Gasteiger partial charge in [0.05, 0.1) is 105 Å². The van der Waals surface area contributed by atoms with Gasteiger partial charge in [0.25, 0.3) is 0 Å². The molecule has 0 spiro atoms. The summed E-state index contributed by atoms with van der Waals surface area (Å²) in [5.74, 6) is -0.0397. The number of nitrogens with one attached hydrogen (secondary N) is 3. The molecule has 0 unspecified atom stereocenters. The van der Waals surface area contributed by atoms with E-state index in [0.29, 0.717) is 137 Å². The van der Waals surface area contributed by atoms with Crippen LogP contribution >= 0.6 is 0 Å². The van der Waals surface area contributed by atoms with Gasteiger partial charge in [-0.1, -0.05) is 0 Å². The summed E-state index contributed by atoms with van der Waals surface area (Å²) in [5, 5.41) is 7.06. The number of nitrogens with zero attached hydrogens (tertiary/aromatic N) is 6. The fourth-order valence-electron chi connectivity index (χ4n) is 4.11. The van der Waals surface area contributed by atoms with Gasteiger partial charge in [-0.3, -0.25) is 24.1 Å². The molecule has 0 bridgehead atoms. The number of nitrogens with two attached hydrogens (primary N) is 2. The van der Waals surface area contributed by atoms with Crippen LogP contribution in [-0.2, 0) is 66.8 Å². The second-order valence-corrected chi connectivity index (χ2v) is 14.4. The van der Waals surface area contributed by atoms with Crippen LogP contribution < -0.4 is 27.4 Å². The van der Waals surface area contributed by atoms with Crippen LogP contribution in [0.5, 0.6) is 0 Å². The largest absolute Gasteiger partial charge is 0.524 e. The minimum absolute atomic E-state index is 0. The first-order valence-corrected chi connectivity index (χ1v) is 21.9. The summed E-state index contributed by atoms with van der Waals surface area (Å²) in [6.45, 7) is 12.4. The van der Waals surface area contributed by atoms with E-state index < -0.39 is 0 Å². The number of hydrogen-bond donors (Lipinski definition) is 5. The van der Waals surface area contributed by atoms with Crippen molar-refractivity contribution >= 4 is 49.4 Å². The van der Waals surface area contributed by atoms with Crippen LogP contribution in [0.2, 0.25) is 0 Å². The fourth-order valence-corrected chi connectivity index (χ4v) is 4.11. The Morgan fingerprint density at radius 1 is 0.544 bits per heavy atom. The van der Waals surface area contributed by atoms with Crippen LogP contribution in [-0.4, -0.2) is 300 Å². The number of likely N-dealkylation sites (N-methyl/N-ethyl adjacent to an activating group) is 4. The summed E-state index contributed by atoms with van der Waals surface area (Å²) in [6, 6.07) is 0. The molecule has 25 nitrogen and oxygen atoms in total. The van der Waals surface area contributed by atoms with E-state index in [1.165, 1.54) is 16.2 Å². The normalized spacial score (nSPS) is 10.0. The average molecular weight is 1230 g/mol. The molecular weight excluding hydrogens is 1140 g/mol. The number of amides is 5. The maximum atomic E-state index is 11.4. The molecule has 0 fully saturated rings. The SMILES string of the molecule is CN(C)CC(=O)N(C)CC=O.CN(C)CC(=O)NCCOCCOCCOCCOCCOCCOCCN(CCN)CCN.CN(C)CCC(=O)N(C)CC=O.CNC=O.O=[C-]NCC=O.[Fm]. The summed E-state index contributed by atoms with van der Waals surface area (Å²) in [7, 11) is 16.0. The van der Waals surface area contributed by atoms with Crippen molar-refractivity contribution in [2.75, 3.05) is 221 Å². The molecule has 0 rings (SSSR count). The molecule has 0 aliphatic rings. The molecule has 0 aliphatic carbocycles. The molecule has 0 saturated carbocycles. The molecule has 0 heterocycles. The van der Waals surface area contributed by atoms with Crippen LogP contribution in [0.3, 0.4) is 0 Å². The Balaban J connectivity index is -0.000000228. The van der Waals surface area contributed by atoms with Gasteiger partial charge < -0.3 is 99.5 Å². The maximum absolute atomic E-state index is 11.4. The van der Waals surface area contributed by atoms with Gasteiger partial charge in [0.2, 0.25) is 24.1 Å². The van der Waals surface area contributed by atoms with Crippen molar-refractivity contribution in [1.29, 1.82) is 0 Å². The number of ether oxygens (including phenoxy) is 6. The van der Waals surface area contributed by atoms with Gasteiger partial charge in [0.1, 0.15) is 18.9 Å². The van der Waals surface area contributed by atoms with E-state index in [2.05, 4.69) is 15.5 Å². The number of aldehydes is 3. The van der Waals surface area contributed by atoms with Crippen molar-refractivity contribution in [2.24, 2.45) is 11.5 Å². The topological polar surface area (TPSA) is 300 Å². The smallest absolute Gasteiger partial charge is 0.236 e. The fraction of sp³-hybridized carbons (Fsp3) is 0.810. The third-order valence-electron chi connectivity index (χ3n) is 7.48. The molecule has 0 aromatic heterocycles. The predicted octanol–water partition coefficient (Wildman–Crippen LogP) is -5.01. The first-order chi connectivity index (χ1) is 32.1. The number of carbonyl (C=O) groups excluding carboxylic acids is 8. The Morgan fingerprint density at radius 2 is 0.941 bits per heavy atom.